The highest BCUT2D eigenvalue weighted by Crippen LogP contribution is 2.36. The van der Waals surface area contributed by atoms with Gasteiger partial charge in [0.2, 0.25) is 15.9 Å². The van der Waals surface area contributed by atoms with Crippen molar-refractivity contribution in [1.29, 1.82) is 0 Å². The number of hydrogen-bond donors (Lipinski definition) is 0. The van der Waals surface area contributed by atoms with Gasteiger partial charge < -0.3 is 4.74 Å². The van der Waals surface area contributed by atoms with Gasteiger partial charge in [-0.05, 0) is 51.3 Å². The fourth-order valence-corrected chi connectivity index (χ4v) is 4.79. The third-order valence-electron chi connectivity index (χ3n) is 4.33. The van der Waals surface area contributed by atoms with Crippen LogP contribution in [0.5, 0.6) is 5.88 Å². The number of sulfonamides is 1. The quantitative estimate of drug-likeness (QED) is 0.816. The summed E-state index contributed by atoms with van der Waals surface area (Å²) in [6.45, 7) is 6.37. The summed E-state index contributed by atoms with van der Waals surface area (Å²) in [5, 5.41) is 0. The molecule has 1 atom stereocenters. The Labute approximate surface area is 149 Å². The van der Waals surface area contributed by atoms with Crippen molar-refractivity contribution >= 4 is 10.0 Å². The minimum atomic E-state index is -3.51. The van der Waals surface area contributed by atoms with Gasteiger partial charge in [0.15, 0.2) is 0 Å². The minimum absolute atomic E-state index is 0.0586. The molecule has 1 aliphatic heterocycles. The second-order valence-electron chi connectivity index (χ2n) is 6.68. The first kappa shape index (κ1) is 17.9. The van der Waals surface area contributed by atoms with Crippen LogP contribution in [0.3, 0.4) is 0 Å². The molecule has 1 fully saturated rings. The largest absolute Gasteiger partial charge is 0.475 e. The van der Waals surface area contributed by atoms with E-state index in [1.807, 2.05) is 45.0 Å². The zero-order chi connectivity index (χ0) is 18.0. The fraction of sp³-hybridized carbons (Fsp3) is 0.421. The zero-order valence-corrected chi connectivity index (χ0v) is 15.7. The molecule has 0 aliphatic carbocycles. The molecule has 2 aromatic rings. The first-order valence-corrected chi connectivity index (χ1v) is 10.0. The lowest BCUT2D eigenvalue weighted by molar-refractivity contribution is 0.232. The van der Waals surface area contributed by atoms with E-state index in [-0.39, 0.29) is 12.1 Å². The number of aryl methyl sites for hydroxylation is 1. The molecule has 3 rings (SSSR count). The predicted molar refractivity (Wildman–Crippen MR) is 97.0 cm³/mol. The van der Waals surface area contributed by atoms with Gasteiger partial charge in [-0.1, -0.05) is 23.8 Å². The molecule has 0 N–H and O–H groups in total. The first-order chi connectivity index (χ1) is 11.9. The lowest BCUT2D eigenvalue weighted by Gasteiger charge is -2.24. The van der Waals surface area contributed by atoms with Gasteiger partial charge in [-0.25, -0.2) is 13.4 Å². The van der Waals surface area contributed by atoms with Crippen molar-refractivity contribution in [1.82, 2.24) is 9.29 Å². The van der Waals surface area contributed by atoms with Gasteiger partial charge in [-0.2, -0.15) is 4.31 Å². The molecular weight excluding hydrogens is 336 g/mol. The molecule has 0 radical (unpaired) electrons. The van der Waals surface area contributed by atoms with Gasteiger partial charge in [-0.3, -0.25) is 0 Å². The van der Waals surface area contributed by atoms with Gasteiger partial charge in [0.1, 0.15) is 0 Å². The second-order valence-corrected chi connectivity index (χ2v) is 8.57. The standard InChI is InChI=1S/C19H24N2O3S/c1-14(2)24-19-11-8-16(13-20-19)18-5-4-12-21(18)25(22,23)17-9-6-15(3)7-10-17/h6-11,13-14,18H,4-5,12H2,1-3H3/t18-/m0/s1. The van der Waals surface area contributed by atoms with E-state index < -0.39 is 10.0 Å². The highest BCUT2D eigenvalue weighted by Gasteiger charge is 2.36. The Hall–Kier alpha value is -1.92. The SMILES string of the molecule is Cc1ccc(S(=O)(=O)N2CCC[C@H]2c2ccc(OC(C)C)nc2)cc1. The van der Waals surface area contributed by atoms with Crippen LogP contribution in [0.4, 0.5) is 0 Å². The molecule has 0 saturated carbocycles. The summed E-state index contributed by atoms with van der Waals surface area (Å²) in [6.07, 6.45) is 3.44. The smallest absolute Gasteiger partial charge is 0.243 e. The molecule has 0 spiro atoms. The fourth-order valence-electron chi connectivity index (χ4n) is 3.11. The van der Waals surface area contributed by atoms with Crippen LogP contribution in [0.2, 0.25) is 0 Å². The zero-order valence-electron chi connectivity index (χ0n) is 14.8. The summed E-state index contributed by atoms with van der Waals surface area (Å²) in [5.74, 6) is 0.560. The Balaban J connectivity index is 1.86. The van der Waals surface area contributed by atoms with Gasteiger partial charge in [0, 0.05) is 18.8 Å². The molecule has 0 bridgehead atoms. The van der Waals surface area contributed by atoms with Crippen molar-refractivity contribution in [2.75, 3.05) is 6.54 Å². The third-order valence-corrected chi connectivity index (χ3v) is 6.25. The summed E-state index contributed by atoms with van der Waals surface area (Å²) in [5.41, 5.74) is 1.95. The predicted octanol–water partition coefficient (Wildman–Crippen LogP) is 3.70. The molecule has 25 heavy (non-hydrogen) atoms. The third kappa shape index (κ3) is 3.85. The number of aromatic nitrogens is 1. The van der Waals surface area contributed by atoms with Crippen molar-refractivity contribution in [3.8, 4) is 5.88 Å². The summed E-state index contributed by atoms with van der Waals surface area (Å²) >= 11 is 0. The summed E-state index contributed by atoms with van der Waals surface area (Å²) < 4.78 is 33.2. The maximum atomic E-state index is 13.0. The first-order valence-electron chi connectivity index (χ1n) is 8.59. The van der Waals surface area contributed by atoms with E-state index in [1.165, 1.54) is 0 Å². The maximum Gasteiger partial charge on any atom is 0.243 e. The van der Waals surface area contributed by atoms with Crippen LogP contribution in [-0.4, -0.2) is 30.4 Å². The molecule has 0 amide bonds. The highest BCUT2D eigenvalue weighted by molar-refractivity contribution is 7.89. The number of ether oxygens (including phenoxy) is 1. The lowest BCUT2D eigenvalue weighted by Crippen LogP contribution is -2.30. The highest BCUT2D eigenvalue weighted by atomic mass is 32.2. The molecule has 1 aromatic carbocycles. The van der Waals surface area contributed by atoms with Crippen LogP contribution >= 0.6 is 0 Å². The Morgan fingerprint density at radius 3 is 2.48 bits per heavy atom. The molecule has 2 heterocycles. The average molecular weight is 360 g/mol. The Morgan fingerprint density at radius 2 is 1.88 bits per heavy atom. The van der Waals surface area contributed by atoms with E-state index in [0.717, 1.165) is 24.0 Å². The summed E-state index contributed by atoms with van der Waals surface area (Å²) in [4.78, 5) is 4.67. The second kappa shape index (κ2) is 7.14. The maximum absolute atomic E-state index is 13.0. The molecule has 0 unspecified atom stereocenters. The molecule has 1 aromatic heterocycles. The number of rotatable bonds is 5. The molecular formula is C19H24N2O3S. The van der Waals surface area contributed by atoms with Crippen molar-refractivity contribution < 1.29 is 13.2 Å². The van der Waals surface area contributed by atoms with Gasteiger partial charge in [-0.15, -0.1) is 0 Å². The van der Waals surface area contributed by atoms with Crippen LogP contribution < -0.4 is 4.74 Å². The van der Waals surface area contributed by atoms with E-state index in [1.54, 1.807) is 22.6 Å². The van der Waals surface area contributed by atoms with Crippen LogP contribution in [0.15, 0.2) is 47.5 Å². The number of benzene rings is 1. The molecule has 1 aliphatic rings. The number of pyridine rings is 1. The van der Waals surface area contributed by atoms with Gasteiger partial charge in [0.05, 0.1) is 17.0 Å². The van der Waals surface area contributed by atoms with E-state index in [2.05, 4.69) is 4.98 Å². The van der Waals surface area contributed by atoms with Crippen LogP contribution in [0.1, 0.15) is 43.9 Å². The minimum Gasteiger partial charge on any atom is -0.475 e. The monoisotopic (exact) mass is 360 g/mol. The number of hydrogen-bond acceptors (Lipinski definition) is 4. The van der Waals surface area contributed by atoms with E-state index in [0.29, 0.717) is 17.3 Å². The molecule has 1 saturated heterocycles. The van der Waals surface area contributed by atoms with Gasteiger partial charge in [0.25, 0.3) is 0 Å². The lowest BCUT2D eigenvalue weighted by atomic mass is 10.1. The topological polar surface area (TPSA) is 59.5 Å². The van der Waals surface area contributed by atoms with Crippen LogP contribution in [-0.2, 0) is 10.0 Å². The van der Waals surface area contributed by atoms with E-state index in [4.69, 9.17) is 4.74 Å². The Morgan fingerprint density at radius 1 is 1.16 bits per heavy atom. The Kier molecular flexibility index (Phi) is 5.11. The molecule has 5 nitrogen and oxygen atoms in total. The Bertz CT molecular complexity index is 815. The van der Waals surface area contributed by atoms with Crippen molar-refractivity contribution in [2.24, 2.45) is 0 Å². The molecule has 134 valence electrons. The van der Waals surface area contributed by atoms with E-state index >= 15 is 0 Å². The van der Waals surface area contributed by atoms with Crippen molar-refractivity contribution in [2.45, 2.75) is 50.7 Å². The summed E-state index contributed by atoms with van der Waals surface area (Å²) in [7, 11) is -3.51. The van der Waals surface area contributed by atoms with Crippen molar-refractivity contribution in [3.05, 3.63) is 53.7 Å². The van der Waals surface area contributed by atoms with Gasteiger partial charge >= 0.3 is 0 Å². The van der Waals surface area contributed by atoms with Crippen LogP contribution in [0.25, 0.3) is 0 Å². The summed E-state index contributed by atoms with van der Waals surface area (Å²) in [6, 6.07) is 10.6. The van der Waals surface area contributed by atoms with Crippen LogP contribution in [0, 0.1) is 6.92 Å². The normalized spacial score (nSPS) is 18.6. The average Bonchev–Trinajstić information content (AvgIpc) is 3.06. The van der Waals surface area contributed by atoms with E-state index in [9.17, 15) is 8.42 Å². The number of nitrogens with zero attached hydrogens (tertiary/aromatic N) is 2. The molecule has 6 heteroatoms. The van der Waals surface area contributed by atoms with Crippen molar-refractivity contribution in [3.63, 3.8) is 0 Å².